The van der Waals surface area contributed by atoms with Crippen LogP contribution in [0.15, 0.2) is 48.5 Å². The van der Waals surface area contributed by atoms with Crippen molar-refractivity contribution in [3.05, 3.63) is 59.7 Å². The average Bonchev–Trinajstić information content (AvgIpc) is 2.90. The maximum atomic E-state index is 13.1. The zero-order valence-corrected chi connectivity index (χ0v) is 22.7. The van der Waals surface area contributed by atoms with Gasteiger partial charge < -0.3 is 16.0 Å². The van der Waals surface area contributed by atoms with Crippen LogP contribution in [0.25, 0.3) is 11.1 Å². The van der Waals surface area contributed by atoms with Gasteiger partial charge in [-0.15, -0.1) is 0 Å². The third kappa shape index (κ3) is 7.19. The van der Waals surface area contributed by atoms with E-state index in [2.05, 4.69) is 90.6 Å². The fourth-order valence-corrected chi connectivity index (χ4v) is 5.69. The minimum absolute atomic E-state index is 0.183. The van der Waals surface area contributed by atoms with Gasteiger partial charge in [0.05, 0.1) is 11.6 Å². The SMILES string of the molecule is CC(C)C1CCCC(N)(C(=O)N[C@H](C#N)Cc2ccc(-c3ccc(CN4CCN(C)CC4)cc3)cc2)C1. The van der Waals surface area contributed by atoms with Crippen molar-refractivity contribution in [3.63, 3.8) is 0 Å². The van der Waals surface area contributed by atoms with Crippen LogP contribution in [-0.2, 0) is 17.8 Å². The van der Waals surface area contributed by atoms with E-state index < -0.39 is 11.6 Å². The van der Waals surface area contributed by atoms with Crippen LogP contribution in [0.2, 0.25) is 0 Å². The predicted molar refractivity (Wildman–Crippen MR) is 150 cm³/mol. The maximum Gasteiger partial charge on any atom is 0.241 e. The summed E-state index contributed by atoms with van der Waals surface area (Å²) in [6.07, 6.45) is 3.93. The Balaban J connectivity index is 1.32. The number of nitrogens with one attached hydrogen (secondary N) is 1. The van der Waals surface area contributed by atoms with Gasteiger partial charge in [0, 0.05) is 39.1 Å². The van der Waals surface area contributed by atoms with Crippen LogP contribution in [0.1, 0.15) is 50.7 Å². The number of carbonyl (C=O) groups excluding carboxylic acids is 1. The number of likely N-dealkylation sites (N-methyl/N-ethyl adjacent to an activating group) is 1. The van der Waals surface area contributed by atoms with Gasteiger partial charge in [0.1, 0.15) is 6.04 Å². The summed E-state index contributed by atoms with van der Waals surface area (Å²) in [5.74, 6) is 0.783. The molecule has 37 heavy (non-hydrogen) atoms. The Labute approximate surface area is 222 Å². The number of nitrogens with zero attached hydrogens (tertiary/aromatic N) is 3. The van der Waals surface area contributed by atoms with Crippen molar-refractivity contribution in [1.29, 1.82) is 5.26 Å². The van der Waals surface area contributed by atoms with Crippen LogP contribution in [0, 0.1) is 23.2 Å². The molecule has 1 heterocycles. The number of hydrogen-bond donors (Lipinski definition) is 2. The molecule has 2 aromatic rings. The van der Waals surface area contributed by atoms with Crippen LogP contribution >= 0.6 is 0 Å². The molecule has 2 aromatic carbocycles. The molecule has 1 amide bonds. The smallest absolute Gasteiger partial charge is 0.241 e. The lowest BCUT2D eigenvalue weighted by Crippen LogP contribution is -2.58. The molecule has 2 unspecified atom stereocenters. The highest BCUT2D eigenvalue weighted by molar-refractivity contribution is 5.86. The molecule has 0 spiro atoms. The number of rotatable bonds is 8. The Morgan fingerprint density at radius 2 is 1.65 bits per heavy atom. The van der Waals surface area contributed by atoms with Crippen LogP contribution in [-0.4, -0.2) is 60.5 Å². The molecule has 1 aliphatic carbocycles. The Morgan fingerprint density at radius 3 is 2.22 bits per heavy atom. The van der Waals surface area contributed by atoms with Gasteiger partial charge in [-0.3, -0.25) is 9.69 Å². The number of benzene rings is 2. The number of amides is 1. The molecule has 4 rings (SSSR count). The molecule has 6 heteroatoms. The number of nitriles is 1. The molecule has 2 aliphatic rings. The lowest BCUT2D eigenvalue weighted by molar-refractivity contribution is -0.128. The quantitative estimate of drug-likeness (QED) is 0.566. The first kappa shape index (κ1) is 27.3. The molecular weight excluding hydrogens is 458 g/mol. The monoisotopic (exact) mass is 501 g/mol. The molecule has 3 atom stereocenters. The molecule has 0 aromatic heterocycles. The molecular formula is C31H43N5O. The van der Waals surface area contributed by atoms with Crippen molar-refractivity contribution in [2.75, 3.05) is 33.2 Å². The number of carbonyl (C=O) groups is 1. The Bertz CT molecular complexity index is 1070. The number of hydrogen-bond acceptors (Lipinski definition) is 5. The second kappa shape index (κ2) is 12.2. The van der Waals surface area contributed by atoms with Gasteiger partial charge in [0.2, 0.25) is 5.91 Å². The highest BCUT2D eigenvalue weighted by Gasteiger charge is 2.40. The molecule has 1 aliphatic heterocycles. The van der Waals surface area contributed by atoms with Gasteiger partial charge in [0.25, 0.3) is 0 Å². The Morgan fingerprint density at radius 1 is 1.05 bits per heavy atom. The third-order valence-corrected chi connectivity index (χ3v) is 8.36. The maximum absolute atomic E-state index is 13.1. The van der Waals surface area contributed by atoms with Crippen molar-refractivity contribution < 1.29 is 4.79 Å². The summed E-state index contributed by atoms with van der Waals surface area (Å²) in [4.78, 5) is 18.0. The van der Waals surface area contributed by atoms with Crippen molar-refractivity contribution in [1.82, 2.24) is 15.1 Å². The fraction of sp³-hybridized carbons (Fsp3) is 0.548. The zero-order valence-electron chi connectivity index (χ0n) is 22.7. The molecule has 0 radical (unpaired) electrons. The van der Waals surface area contributed by atoms with E-state index in [9.17, 15) is 10.1 Å². The lowest BCUT2D eigenvalue weighted by atomic mass is 9.71. The van der Waals surface area contributed by atoms with E-state index in [-0.39, 0.29) is 5.91 Å². The summed E-state index contributed by atoms with van der Waals surface area (Å²) in [7, 11) is 2.18. The Kier molecular flexibility index (Phi) is 9.02. The van der Waals surface area contributed by atoms with Crippen LogP contribution < -0.4 is 11.1 Å². The zero-order chi connectivity index (χ0) is 26.4. The molecule has 6 nitrogen and oxygen atoms in total. The number of piperazine rings is 1. The van der Waals surface area contributed by atoms with E-state index in [1.165, 1.54) is 11.1 Å². The highest BCUT2D eigenvalue weighted by Crippen LogP contribution is 2.35. The molecule has 0 bridgehead atoms. The highest BCUT2D eigenvalue weighted by atomic mass is 16.2. The van der Waals surface area contributed by atoms with Gasteiger partial charge in [-0.25, -0.2) is 0 Å². The summed E-state index contributed by atoms with van der Waals surface area (Å²) in [5.41, 5.74) is 10.4. The minimum Gasteiger partial charge on any atom is -0.338 e. The first-order valence-corrected chi connectivity index (χ1v) is 13.8. The molecule has 1 saturated carbocycles. The van der Waals surface area contributed by atoms with E-state index in [4.69, 9.17) is 5.73 Å². The average molecular weight is 502 g/mol. The van der Waals surface area contributed by atoms with Gasteiger partial charge in [-0.05, 0) is 54.0 Å². The van der Waals surface area contributed by atoms with Crippen molar-refractivity contribution in [3.8, 4) is 17.2 Å². The molecule has 198 valence electrons. The van der Waals surface area contributed by atoms with Gasteiger partial charge >= 0.3 is 0 Å². The Hall–Kier alpha value is -2.72. The van der Waals surface area contributed by atoms with E-state index in [0.29, 0.717) is 31.1 Å². The van der Waals surface area contributed by atoms with Crippen molar-refractivity contribution >= 4 is 5.91 Å². The van der Waals surface area contributed by atoms with Crippen LogP contribution in [0.3, 0.4) is 0 Å². The van der Waals surface area contributed by atoms with Gasteiger partial charge in [0.15, 0.2) is 0 Å². The van der Waals surface area contributed by atoms with E-state index >= 15 is 0 Å². The van der Waals surface area contributed by atoms with E-state index in [1.54, 1.807) is 0 Å². The first-order chi connectivity index (χ1) is 17.8. The second-order valence-corrected chi connectivity index (χ2v) is 11.6. The summed E-state index contributed by atoms with van der Waals surface area (Å²) in [6.45, 7) is 9.89. The normalized spacial score (nSPS) is 23.9. The standard InChI is InChI=1S/C31H43N5O/c1-23(2)28-5-4-14-31(33,20-28)30(37)34-29(21-32)19-24-6-10-26(11-7-24)27-12-8-25(9-13-27)22-36-17-15-35(3)16-18-36/h6-13,23,28-29H,4-5,14-20,22,33H2,1-3H3,(H,34,37)/t28?,29-,31?/m0/s1. The topological polar surface area (TPSA) is 85.4 Å². The molecule has 1 saturated heterocycles. The van der Waals surface area contributed by atoms with Gasteiger partial charge in [-0.1, -0.05) is 75.2 Å². The summed E-state index contributed by atoms with van der Waals surface area (Å²) in [6, 6.07) is 18.8. The summed E-state index contributed by atoms with van der Waals surface area (Å²) < 4.78 is 0. The molecule has 3 N–H and O–H groups in total. The van der Waals surface area contributed by atoms with Crippen molar-refractivity contribution in [2.24, 2.45) is 17.6 Å². The first-order valence-electron chi connectivity index (χ1n) is 13.8. The van der Waals surface area contributed by atoms with Crippen molar-refractivity contribution in [2.45, 2.75) is 64.1 Å². The van der Waals surface area contributed by atoms with E-state index in [0.717, 1.165) is 56.7 Å². The lowest BCUT2D eigenvalue weighted by Gasteiger charge is -2.38. The van der Waals surface area contributed by atoms with Crippen LogP contribution in [0.5, 0.6) is 0 Å². The second-order valence-electron chi connectivity index (χ2n) is 11.6. The third-order valence-electron chi connectivity index (χ3n) is 8.36. The summed E-state index contributed by atoms with van der Waals surface area (Å²) >= 11 is 0. The van der Waals surface area contributed by atoms with Crippen LogP contribution in [0.4, 0.5) is 0 Å². The van der Waals surface area contributed by atoms with Gasteiger partial charge in [-0.2, -0.15) is 5.26 Å². The number of nitrogens with two attached hydrogens (primary N) is 1. The molecule has 2 fully saturated rings. The fourth-order valence-electron chi connectivity index (χ4n) is 5.69. The summed E-state index contributed by atoms with van der Waals surface area (Å²) in [5, 5.41) is 12.7. The van der Waals surface area contributed by atoms with E-state index in [1.807, 2.05) is 0 Å². The minimum atomic E-state index is -0.872. The largest absolute Gasteiger partial charge is 0.338 e. The predicted octanol–water partition coefficient (Wildman–Crippen LogP) is 4.20.